The summed E-state index contributed by atoms with van der Waals surface area (Å²) in [6, 6.07) is 6.51. The molecular formula is C14H19N3S. The molecule has 1 heterocycles. The van der Waals surface area contributed by atoms with Crippen LogP contribution in [0.15, 0.2) is 35.6 Å². The number of nitrogens with two attached hydrogens (primary N) is 1. The van der Waals surface area contributed by atoms with E-state index in [1.807, 2.05) is 36.4 Å². The van der Waals surface area contributed by atoms with Crippen LogP contribution >= 0.6 is 11.8 Å². The summed E-state index contributed by atoms with van der Waals surface area (Å²) in [4.78, 5) is 5.46. The first-order chi connectivity index (χ1) is 8.59. The average molecular weight is 261 g/mol. The monoisotopic (exact) mass is 261 g/mol. The van der Waals surface area contributed by atoms with E-state index in [0.29, 0.717) is 6.04 Å². The van der Waals surface area contributed by atoms with Crippen molar-refractivity contribution >= 4 is 17.4 Å². The summed E-state index contributed by atoms with van der Waals surface area (Å²) in [5.41, 5.74) is 9.19. The third-order valence-electron chi connectivity index (χ3n) is 3.00. The second-order valence-electron chi connectivity index (χ2n) is 4.65. The van der Waals surface area contributed by atoms with Crippen molar-refractivity contribution in [2.75, 3.05) is 5.73 Å². The molecular weight excluding hydrogens is 242 g/mol. The molecule has 96 valence electrons. The minimum atomic E-state index is 0.449. The van der Waals surface area contributed by atoms with Gasteiger partial charge in [0.25, 0.3) is 0 Å². The molecule has 2 rings (SSSR count). The largest absolute Gasteiger partial charge is 0.398 e. The molecule has 2 aromatic rings. The summed E-state index contributed by atoms with van der Waals surface area (Å²) in [7, 11) is 0. The lowest BCUT2D eigenvalue weighted by molar-refractivity contribution is 0.584. The van der Waals surface area contributed by atoms with Gasteiger partial charge in [-0.2, -0.15) is 0 Å². The van der Waals surface area contributed by atoms with Crippen LogP contribution in [0.5, 0.6) is 0 Å². The fourth-order valence-corrected chi connectivity index (χ4v) is 2.88. The van der Waals surface area contributed by atoms with Crippen molar-refractivity contribution in [3.05, 3.63) is 42.0 Å². The SMILES string of the molecule is Cc1c(N)cccc1SCc1cncn1C(C)C. The van der Waals surface area contributed by atoms with Gasteiger partial charge in [-0.3, -0.25) is 0 Å². The van der Waals surface area contributed by atoms with E-state index in [1.54, 1.807) is 0 Å². The number of hydrogen-bond donors (Lipinski definition) is 1. The summed E-state index contributed by atoms with van der Waals surface area (Å²) in [6.07, 6.45) is 3.83. The molecule has 0 aliphatic heterocycles. The molecule has 0 amide bonds. The van der Waals surface area contributed by atoms with Gasteiger partial charge < -0.3 is 10.3 Å². The fraction of sp³-hybridized carbons (Fsp3) is 0.357. The second-order valence-corrected chi connectivity index (χ2v) is 5.66. The summed E-state index contributed by atoms with van der Waals surface area (Å²) in [6.45, 7) is 6.40. The van der Waals surface area contributed by atoms with Gasteiger partial charge in [0, 0.05) is 34.3 Å². The lowest BCUT2D eigenvalue weighted by atomic mass is 10.2. The van der Waals surface area contributed by atoms with Crippen molar-refractivity contribution in [2.24, 2.45) is 0 Å². The van der Waals surface area contributed by atoms with Gasteiger partial charge in [-0.05, 0) is 38.5 Å². The second kappa shape index (κ2) is 5.48. The van der Waals surface area contributed by atoms with Crippen molar-refractivity contribution in [1.82, 2.24) is 9.55 Å². The van der Waals surface area contributed by atoms with Gasteiger partial charge >= 0.3 is 0 Å². The van der Waals surface area contributed by atoms with Gasteiger partial charge in [-0.15, -0.1) is 11.8 Å². The molecule has 0 radical (unpaired) electrons. The van der Waals surface area contributed by atoms with Gasteiger partial charge in [0.15, 0.2) is 0 Å². The number of aromatic nitrogens is 2. The van der Waals surface area contributed by atoms with Crippen LogP contribution in [-0.4, -0.2) is 9.55 Å². The molecule has 3 nitrogen and oxygen atoms in total. The molecule has 0 spiro atoms. The first-order valence-electron chi connectivity index (χ1n) is 6.08. The standard InChI is InChI=1S/C14H19N3S/c1-10(2)17-9-16-7-12(17)8-18-14-6-4-5-13(15)11(14)3/h4-7,9-10H,8,15H2,1-3H3. The zero-order valence-corrected chi connectivity index (χ0v) is 11.9. The highest BCUT2D eigenvalue weighted by Gasteiger charge is 2.07. The first-order valence-corrected chi connectivity index (χ1v) is 7.06. The molecule has 0 saturated heterocycles. The molecule has 18 heavy (non-hydrogen) atoms. The van der Waals surface area contributed by atoms with Crippen LogP contribution in [0.1, 0.15) is 31.1 Å². The Morgan fingerprint density at radius 1 is 1.39 bits per heavy atom. The van der Waals surface area contributed by atoms with Crippen LogP contribution in [0.2, 0.25) is 0 Å². The third kappa shape index (κ3) is 2.70. The highest BCUT2D eigenvalue weighted by molar-refractivity contribution is 7.98. The topological polar surface area (TPSA) is 43.8 Å². The predicted molar refractivity (Wildman–Crippen MR) is 77.8 cm³/mol. The Bertz CT molecular complexity index is 532. The number of hydrogen-bond acceptors (Lipinski definition) is 3. The Morgan fingerprint density at radius 2 is 2.17 bits per heavy atom. The predicted octanol–water partition coefficient (Wildman–Crippen LogP) is 3.65. The van der Waals surface area contributed by atoms with Crippen molar-refractivity contribution in [1.29, 1.82) is 0 Å². The molecule has 2 N–H and O–H groups in total. The molecule has 1 aromatic heterocycles. The van der Waals surface area contributed by atoms with E-state index < -0.39 is 0 Å². The van der Waals surface area contributed by atoms with Crippen LogP contribution in [0.3, 0.4) is 0 Å². The lowest BCUT2D eigenvalue weighted by Crippen LogP contribution is -2.03. The van der Waals surface area contributed by atoms with Gasteiger partial charge in [0.2, 0.25) is 0 Å². The van der Waals surface area contributed by atoms with Gasteiger partial charge in [0.1, 0.15) is 0 Å². The van der Waals surface area contributed by atoms with Gasteiger partial charge in [-0.25, -0.2) is 4.98 Å². The smallest absolute Gasteiger partial charge is 0.0950 e. The van der Waals surface area contributed by atoms with Crippen LogP contribution in [0.4, 0.5) is 5.69 Å². The average Bonchev–Trinajstić information content (AvgIpc) is 2.79. The minimum Gasteiger partial charge on any atom is -0.398 e. The van der Waals surface area contributed by atoms with E-state index in [0.717, 1.165) is 17.0 Å². The molecule has 0 fully saturated rings. The summed E-state index contributed by atoms with van der Waals surface area (Å²) >= 11 is 1.81. The van der Waals surface area contributed by atoms with E-state index >= 15 is 0 Å². The summed E-state index contributed by atoms with van der Waals surface area (Å²) < 4.78 is 2.20. The zero-order chi connectivity index (χ0) is 13.1. The molecule has 0 unspecified atom stereocenters. The van der Waals surface area contributed by atoms with E-state index in [2.05, 4.69) is 36.4 Å². The van der Waals surface area contributed by atoms with E-state index in [9.17, 15) is 0 Å². The molecule has 0 aliphatic carbocycles. The number of benzene rings is 1. The Balaban J connectivity index is 2.12. The number of anilines is 1. The number of nitrogens with zero attached hydrogens (tertiary/aromatic N) is 2. The quantitative estimate of drug-likeness (QED) is 0.675. The Kier molecular flexibility index (Phi) is 3.97. The highest BCUT2D eigenvalue weighted by Crippen LogP contribution is 2.29. The number of nitrogen functional groups attached to an aromatic ring is 1. The van der Waals surface area contributed by atoms with Crippen LogP contribution in [0.25, 0.3) is 0 Å². The zero-order valence-electron chi connectivity index (χ0n) is 11.1. The molecule has 0 saturated carbocycles. The van der Waals surface area contributed by atoms with Crippen LogP contribution in [0, 0.1) is 6.92 Å². The maximum absolute atomic E-state index is 5.92. The van der Waals surface area contributed by atoms with E-state index in [4.69, 9.17) is 5.73 Å². The van der Waals surface area contributed by atoms with Crippen molar-refractivity contribution in [3.8, 4) is 0 Å². The number of thioether (sulfide) groups is 1. The summed E-state index contributed by atoms with van der Waals surface area (Å²) in [5.74, 6) is 0.919. The number of rotatable bonds is 4. The van der Waals surface area contributed by atoms with Crippen molar-refractivity contribution in [3.63, 3.8) is 0 Å². The molecule has 0 bridgehead atoms. The van der Waals surface area contributed by atoms with E-state index in [-0.39, 0.29) is 0 Å². The molecule has 0 atom stereocenters. The highest BCUT2D eigenvalue weighted by atomic mass is 32.2. The Hall–Kier alpha value is -1.42. The lowest BCUT2D eigenvalue weighted by Gasteiger charge is -2.12. The normalized spacial score (nSPS) is 11.1. The minimum absolute atomic E-state index is 0.449. The molecule has 1 aromatic carbocycles. The third-order valence-corrected chi connectivity index (χ3v) is 4.20. The van der Waals surface area contributed by atoms with Gasteiger partial charge in [-0.1, -0.05) is 6.07 Å². The van der Waals surface area contributed by atoms with Crippen molar-refractivity contribution in [2.45, 2.75) is 37.5 Å². The molecule has 4 heteroatoms. The Morgan fingerprint density at radius 3 is 2.89 bits per heavy atom. The first kappa shape index (κ1) is 13.0. The van der Waals surface area contributed by atoms with Gasteiger partial charge in [0.05, 0.1) is 6.33 Å². The number of imidazole rings is 1. The molecule has 0 aliphatic rings. The maximum Gasteiger partial charge on any atom is 0.0950 e. The Labute approximate surface area is 112 Å². The maximum atomic E-state index is 5.92. The summed E-state index contributed by atoms with van der Waals surface area (Å²) in [5, 5.41) is 0. The van der Waals surface area contributed by atoms with Crippen LogP contribution < -0.4 is 5.73 Å². The fourth-order valence-electron chi connectivity index (χ4n) is 1.85. The van der Waals surface area contributed by atoms with Crippen molar-refractivity contribution < 1.29 is 0 Å². The van der Waals surface area contributed by atoms with E-state index in [1.165, 1.54) is 10.6 Å². The van der Waals surface area contributed by atoms with Crippen LogP contribution in [-0.2, 0) is 5.75 Å².